The SMILES string of the molecule is Cc1ccc(Oc2ncnc(NNC(=O)c3ccncc3)c2N)cc1. The van der Waals surface area contributed by atoms with E-state index in [1.54, 1.807) is 12.1 Å². The van der Waals surface area contributed by atoms with Crippen molar-refractivity contribution in [3.63, 3.8) is 0 Å². The Bertz CT molecular complexity index is 868. The van der Waals surface area contributed by atoms with E-state index in [-0.39, 0.29) is 23.3 Å². The predicted molar refractivity (Wildman–Crippen MR) is 93.0 cm³/mol. The van der Waals surface area contributed by atoms with Gasteiger partial charge in [0.25, 0.3) is 5.91 Å². The Labute approximate surface area is 144 Å². The summed E-state index contributed by atoms with van der Waals surface area (Å²) in [5, 5.41) is 0. The third-order valence-electron chi connectivity index (χ3n) is 3.32. The lowest BCUT2D eigenvalue weighted by atomic mass is 10.2. The Morgan fingerprint density at radius 2 is 1.80 bits per heavy atom. The molecule has 0 bridgehead atoms. The van der Waals surface area contributed by atoms with Crippen LogP contribution in [0.25, 0.3) is 0 Å². The lowest BCUT2D eigenvalue weighted by Gasteiger charge is -2.12. The van der Waals surface area contributed by atoms with Crippen LogP contribution in [0.4, 0.5) is 11.5 Å². The second kappa shape index (κ2) is 7.26. The number of anilines is 2. The molecule has 4 N–H and O–H groups in total. The van der Waals surface area contributed by atoms with Crippen LogP contribution in [-0.4, -0.2) is 20.9 Å². The number of rotatable bonds is 5. The zero-order valence-electron chi connectivity index (χ0n) is 13.4. The molecule has 0 radical (unpaired) electrons. The summed E-state index contributed by atoms with van der Waals surface area (Å²) in [7, 11) is 0. The first-order chi connectivity index (χ1) is 12.1. The maximum atomic E-state index is 12.0. The molecule has 0 aliphatic carbocycles. The summed E-state index contributed by atoms with van der Waals surface area (Å²) in [6.45, 7) is 1.98. The lowest BCUT2D eigenvalue weighted by Crippen LogP contribution is -2.30. The highest BCUT2D eigenvalue weighted by atomic mass is 16.5. The number of ether oxygens (including phenoxy) is 1. The van der Waals surface area contributed by atoms with Gasteiger partial charge < -0.3 is 10.5 Å². The Morgan fingerprint density at radius 1 is 1.08 bits per heavy atom. The van der Waals surface area contributed by atoms with Crippen molar-refractivity contribution in [2.75, 3.05) is 11.2 Å². The number of amides is 1. The van der Waals surface area contributed by atoms with E-state index in [2.05, 4.69) is 25.8 Å². The zero-order chi connectivity index (χ0) is 17.6. The summed E-state index contributed by atoms with van der Waals surface area (Å²) in [5.74, 6) is 0.684. The number of hydrogen-bond donors (Lipinski definition) is 3. The molecule has 0 atom stereocenters. The van der Waals surface area contributed by atoms with Crippen LogP contribution in [0.3, 0.4) is 0 Å². The van der Waals surface area contributed by atoms with Crippen LogP contribution in [0.5, 0.6) is 11.6 Å². The van der Waals surface area contributed by atoms with Crippen LogP contribution in [0, 0.1) is 6.92 Å². The minimum atomic E-state index is -0.346. The van der Waals surface area contributed by atoms with E-state index in [0.717, 1.165) is 5.56 Å². The number of pyridine rings is 1. The van der Waals surface area contributed by atoms with Gasteiger partial charge in [-0.3, -0.25) is 20.6 Å². The van der Waals surface area contributed by atoms with Gasteiger partial charge in [0.05, 0.1) is 0 Å². The number of aryl methyl sites for hydroxylation is 1. The summed E-state index contributed by atoms with van der Waals surface area (Å²) >= 11 is 0. The summed E-state index contributed by atoms with van der Waals surface area (Å²) in [4.78, 5) is 23.9. The summed E-state index contributed by atoms with van der Waals surface area (Å²) in [5.41, 5.74) is 12.9. The number of aromatic nitrogens is 3. The Hall–Kier alpha value is -3.68. The minimum Gasteiger partial charge on any atom is -0.437 e. The number of nitrogen functional groups attached to an aromatic ring is 1. The van der Waals surface area contributed by atoms with Crippen molar-refractivity contribution in [3.05, 3.63) is 66.2 Å². The molecule has 8 nitrogen and oxygen atoms in total. The first-order valence-electron chi connectivity index (χ1n) is 7.45. The molecule has 0 aliphatic heterocycles. The number of carbonyl (C=O) groups excluding carboxylic acids is 1. The standard InChI is InChI=1S/C17H16N6O2/c1-11-2-4-13(5-3-11)25-17-14(18)15(20-10-21-17)22-23-16(24)12-6-8-19-9-7-12/h2-10H,18H2,1H3,(H,23,24)(H,20,21,22). The number of benzene rings is 1. The fourth-order valence-electron chi connectivity index (χ4n) is 1.97. The van der Waals surface area contributed by atoms with E-state index in [4.69, 9.17) is 10.5 Å². The minimum absolute atomic E-state index is 0.179. The van der Waals surface area contributed by atoms with Gasteiger partial charge in [-0.25, -0.2) is 4.98 Å². The number of nitrogens with zero attached hydrogens (tertiary/aromatic N) is 3. The molecule has 0 spiro atoms. The van der Waals surface area contributed by atoms with Crippen molar-refractivity contribution in [2.24, 2.45) is 0 Å². The van der Waals surface area contributed by atoms with Crippen molar-refractivity contribution in [2.45, 2.75) is 6.92 Å². The van der Waals surface area contributed by atoms with Crippen LogP contribution >= 0.6 is 0 Å². The van der Waals surface area contributed by atoms with Gasteiger partial charge in [0.1, 0.15) is 17.8 Å². The molecular formula is C17H16N6O2. The van der Waals surface area contributed by atoms with Crippen LogP contribution in [0.1, 0.15) is 15.9 Å². The molecule has 0 unspecified atom stereocenters. The highest BCUT2D eigenvalue weighted by molar-refractivity contribution is 5.94. The van der Waals surface area contributed by atoms with Gasteiger partial charge in [0.2, 0.25) is 5.88 Å². The van der Waals surface area contributed by atoms with E-state index >= 15 is 0 Å². The predicted octanol–water partition coefficient (Wildman–Crippen LogP) is 2.31. The fraction of sp³-hybridized carbons (Fsp3) is 0.0588. The first kappa shape index (κ1) is 16.2. The largest absolute Gasteiger partial charge is 0.437 e. The van der Waals surface area contributed by atoms with E-state index in [1.807, 2.05) is 31.2 Å². The number of hydrazine groups is 1. The maximum Gasteiger partial charge on any atom is 0.269 e. The Kier molecular flexibility index (Phi) is 4.70. The van der Waals surface area contributed by atoms with Gasteiger partial charge in [-0.1, -0.05) is 17.7 Å². The first-order valence-corrected chi connectivity index (χ1v) is 7.45. The third kappa shape index (κ3) is 3.99. The highest BCUT2D eigenvalue weighted by Crippen LogP contribution is 2.28. The molecule has 8 heteroatoms. The average molecular weight is 336 g/mol. The highest BCUT2D eigenvalue weighted by Gasteiger charge is 2.12. The van der Waals surface area contributed by atoms with Crippen molar-refractivity contribution >= 4 is 17.4 Å². The molecule has 0 fully saturated rings. The second-order valence-electron chi connectivity index (χ2n) is 5.17. The molecule has 3 rings (SSSR count). The zero-order valence-corrected chi connectivity index (χ0v) is 13.4. The van der Waals surface area contributed by atoms with Crippen LogP contribution in [-0.2, 0) is 0 Å². The van der Waals surface area contributed by atoms with Gasteiger partial charge in [-0.2, -0.15) is 4.98 Å². The molecule has 2 aromatic heterocycles. The van der Waals surface area contributed by atoms with Gasteiger partial charge >= 0.3 is 0 Å². The number of carbonyl (C=O) groups is 1. The van der Waals surface area contributed by atoms with E-state index < -0.39 is 0 Å². The van der Waals surface area contributed by atoms with E-state index in [0.29, 0.717) is 11.3 Å². The number of hydrogen-bond acceptors (Lipinski definition) is 7. The normalized spacial score (nSPS) is 10.1. The van der Waals surface area contributed by atoms with Gasteiger partial charge in [-0.05, 0) is 31.2 Å². The Morgan fingerprint density at radius 3 is 2.52 bits per heavy atom. The molecule has 2 heterocycles. The molecule has 1 amide bonds. The monoisotopic (exact) mass is 336 g/mol. The number of nitrogens with two attached hydrogens (primary N) is 1. The molecule has 25 heavy (non-hydrogen) atoms. The van der Waals surface area contributed by atoms with Crippen LogP contribution < -0.4 is 21.3 Å². The molecule has 126 valence electrons. The number of nitrogens with one attached hydrogen (secondary N) is 2. The van der Waals surface area contributed by atoms with Crippen molar-refractivity contribution < 1.29 is 9.53 Å². The van der Waals surface area contributed by atoms with Crippen LogP contribution in [0.15, 0.2) is 55.1 Å². The van der Waals surface area contributed by atoms with Crippen molar-refractivity contribution in [1.29, 1.82) is 0 Å². The molecule has 1 aromatic carbocycles. The van der Waals surface area contributed by atoms with E-state index in [1.165, 1.54) is 18.7 Å². The summed E-state index contributed by atoms with van der Waals surface area (Å²) in [6.07, 6.45) is 4.35. The summed E-state index contributed by atoms with van der Waals surface area (Å²) < 4.78 is 5.66. The Balaban J connectivity index is 1.70. The van der Waals surface area contributed by atoms with E-state index in [9.17, 15) is 4.79 Å². The third-order valence-corrected chi connectivity index (χ3v) is 3.32. The molecule has 0 saturated heterocycles. The molecule has 0 aliphatic rings. The van der Waals surface area contributed by atoms with Gasteiger partial charge in [0, 0.05) is 18.0 Å². The average Bonchev–Trinajstić information content (AvgIpc) is 2.64. The van der Waals surface area contributed by atoms with Crippen LogP contribution in [0.2, 0.25) is 0 Å². The van der Waals surface area contributed by atoms with Gasteiger partial charge in [-0.15, -0.1) is 0 Å². The lowest BCUT2D eigenvalue weighted by molar-refractivity contribution is 0.0962. The molecule has 0 saturated carbocycles. The van der Waals surface area contributed by atoms with Gasteiger partial charge in [0.15, 0.2) is 5.82 Å². The topological polar surface area (TPSA) is 115 Å². The maximum absolute atomic E-state index is 12.0. The smallest absolute Gasteiger partial charge is 0.269 e. The summed E-state index contributed by atoms with van der Waals surface area (Å²) in [6, 6.07) is 10.6. The molecule has 3 aromatic rings. The fourth-order valence-corrected chi connectivity index (χ4v) is 1.97. The second-order valence-corrected chi connectivity index (χ2v) is 5.17. The molecular weight excluding hydrogens is 320 g/mol. The quantitative estimate of drug-likeness (QED) is 0.612. The van der Waals surface area contributed by atoms with Crippen molar-refractivity contribution in [3.8, 4) is 11.6 Å². The van der Waals surface area contributed by atoms with Crippen molar-refractivity contribution in [1.82, 2.24) is 20.4 Å².